The van der Waals surface area contributed by atoms with Crippen LogP contribution in [0.15, 0.2) is 29.5 Å². The summed E-state index contributed by atoms with van der Waals surface area (Å²) in [7, 11) is 0. The molecule has 0 fully saturated rings. The zero-order valence-corrected chi connectivity index (χ0v) is 21.0. The number of hydrogen-bond donors (Lipinski definition) is 2. The maximum atomic E-state index is 13.8. The third-order valence-corrected chi connectivity index (χ3v) is 6.36. The highest BCUT2D eigenvalue weighted by Crippen LogP contribution is 2.38. The van der Waals surface area contributed by atoms with Crippen LogP contribution in [0, 0.1) is 25.7 Å². The van der Waals surface area contributed by atoms with Crippen LogP contribution >= 0.6 is 0 Å². The van der Waals surface area contributed by atoms with Crippen molar-refractivity contribution in [3.63, 3.8) is 0 Å². The fourth-order valence-corrected chi connectivity index (χ4v) is 4.73. The van der Waals surface area contributed by atoms with Gasteiger partial charge in [0.1, 0.15) is 6.04 Å². The molecule has 7 heteroatoms. The topological polar surface area (TPSA) is 81.8 Å². The molecule has 0 radical (unpaired) electrons. The van der Waals surface area contributed by atoms with E-state index in [0.717, 1.165) is 16.7 Å². The first-order chi connectivity index (χ1) is 15.5. The summed E-state index contributed by atoms with van der Waals surface area (Å²) in [6.45, 7) is 15.4. The van der Waals surface area contributed by atoms with Gasteiger partial charge < -0.3 is 15.5 Å². The third-order valence-electron chi connectivity index (χ3n) is 6.36. The molecule has 7 nitrogen and oxygen atoms in total. The van der Waals surface area contributed by atoms with Gasteiger partial charge in [0.15, 0.2) is 0 Å². The number of carbonyl (C=O) groups is 3. The summed E-state index contributed by atoms with van der Waals surface area (Å²) >= 11 is 0. The molecule has 0 bridgehead atoms. The standard InChI is InChI=1S/C26H38N4O3/c1-8-29-21-14-30(20(11-15(2)3)24(31)27-13-16(4)5)25(32)22(21)23(28-26(29)33)19-10-9-17(6)12-18(19)7/h9-10,12,15-16,20,23H,8,11,13-14H2,1-7H3,(H,27,31)(H,28,33)/t20-,23-/m1/s1. The number of nitrogens with zero attached hydrogens (tertiary/aromatic N) is 2. The number of hydrogen-bond acceptors (Lipinski definition) is 3. The van der Waals surface area contributed by atoms with Crippen LogP contribution in [-0.4, -0.2) is 53.3 Å². The van der Waals surface area contributed by atoms with E-state index in [-0.39, 0.29) is 30.3 Å². The summed E-state index contributed by atoms with van der Waals surface area (Å²) in [5.41, 5.74) is 4.35. The van der Waals surface area contributed by atoms with Gasteiger partial charge in [-0.3, -0.25) is 14.5 Å². The Balaban J connectivity index is 2.00. The van der Waals surface area contributed by atoms with Gasteiger partial charge in [-0.1, -0.05) is 51.5 Å². The quantitative estimate of drug-likeness (QED) is 0.629. The number of carbonyl (C=O) groups excluding carboxylic acids is 3. The highest BCUT2D eigenvalue weighted by molar-refractivity contribution is 6.03. The Morgan fingerprint density at radius 2 is 1.85 bits per heavy atom. The van der Waals surface area contributed by atoms with Gasteiger partial charge in [-0.25, -0.2) is 4.79 Å². The van der Waals surface area contributed by atoms with E-state index in [1.807, 2.05) is 46.8 Å². The highest BCUT2D eigenvalue weighted by Gasteiger charge is 2.47. The van der Waals surface area contributed by atoms with Crippen LogP contribution < -0.4 is 10.6 Å². The van der Waals surface area contributed by atoms with E-state index in [1.165, 1.54) is 0 Å². The minimum Gasteiger partial charge on any atom is -0.354 e. The molecule has 2 N–H and O–H groups in total. The molecule has 0 unspecified atom stereocenters. The summed E-state index contributed by atoms with van der Waals surface area (Å²) in [4.78, 5) is 43.3. The molecule has 33 heavy (non-hydrogen) atoms. The molecule has 2 heterocycles. The van der Waals surface area contributed by atoms with Crippen molar-refractivity contribution in [1.82, 2.24) is 20.4 Å². The largest absolute Gasteiger partial charge is 0.354 e. The maximum absolute atomic E-state index is 13.8. The minimum atomic E-state index is -0.574. The second-order valence-electron chi connectivity index (χ2n) is 10.1. The van der Waals surface area contributed by atoms with Gasteiger partial charge in [-0.15, -0.1) is 0 Å². The molecule has 0 saturated carbocycles. The smallest absolute Gasteiger partial charge is 0.322 e. The maximum Gasteiger partial charge on any atom is 0.322 e. The molecule has 2 aliphatic rings. The molecule has 3 rings (SSSR count). The number of amides is 4. The molecule has 1 aromatic carbocycles. The second-order valence-corrected chi connectivity index (χ2v) is 10.1. The van der Waals surface area contributed by atoms with Crippen molar-refractivity contribution in [2.75, 3.05) is 19.6 Å². The zero-order valence-electron chi connectivity index (χ0n) is 21.0. The van der Waals surface area contributed by atoms with Crippen LogP contribution in [0.25, 0.3) is 0 Å². The Bertz CT molecular complexity index is 966. The van der Waals surface area contributed by atoms with Gasteiger partial charge in [-0.2, -0.15) is 0 Å². The van der Waals surface area contributed by atoms with Crippen LogP contribution in [0.1, 0.15) is 63.8 Å². The molecule has 2 aliphatic heterocycles. The number of benzene rings is 1. The Morgan fingerprint density at radius 3 is 2.42 bits per heavy atom. The lowest BCUT2D eigenvalue weighted by molar-refractivity contribution is -0.137. The molecule has 0 saturated heterocycles. The molecular formula is C26H38N4O3. The minimum absolute atomic E-state index is 0.129. The number of likely N-dealkylation sites (N-methyl/N-ethyl adjacent to an activating group) is 1. The van der Waals surface area contributed by atoms with Crippen molar-refractivity contribution in [1.29, 1.82) is 0 Å². The van der Waals surface area contributed by atoms with Gasteiger partial charge in [0.2, 0.25) is 5.91 Å². The van der Waals surface area contributed by atoms with Gasteiger partial charge in [0, 0.05) is 13.1 Å². The van der Waals surface area contributed by atoms with E-state index in [2.05, 4.69) is 30.5 Å². The molecule has 180 valence electrons. The van der Waals surface area contributed by atoms with E-state index in [0.29, 0.717) is 36.7 Å². The van der Waals surface area contributed by atoms with Crippen LogP contribution in [0.4, 0.5) is 4.79 Å². The molecule has 4 amide bonds. The van der Waals surface area contributed by atoms with Gasteiger partial charge >= 0.3 is 6.03 Å². The number of nitrogens with one attached hydrogen (secondary N) is 2. The van der Waals surface area contributed by atoms with E-state index >= 15 is 0 Å². The molecule has 2 atom stereocenters. The first kappa shape index (κ1) is 24.8. The van der Waals surface area contributed by atoms with Crippen molar-refractivity contribution >= 4 is 17.8 Å². The number of urea groups is 1. The van der Waals surface area contributed by atoms with Crippen LogP contribution in [0.2, 0.25) is 0 Å². The van der Waals surface area contributed by atoms with Crippen molar-refractivity contribution in [2.45, 2.75) is 67.0 Å². The zero-order chi connectivity index (χ0) is 24.4. The first-order valence-electron chi connectivity index (χ1n) is 12.0. The average molecular weight is 455 g/mol. The summed E-state index contributed by atoms with van der Waals surface area (Å²) in [6, 6.07) is 4.74. The van der Waals surface area contributed by atoms with E-state index in [1.54, 1.807) is 9.80 Å². The van der Waals surface area contributed by atoms with Gasteiger partial charge in [0.25, 0.3) is 5.91 Å². The SMILES string of the molecule is CCN1C(=O)N[C@H](c2ccc(C)cc2C)C2=C1CN([C@H](CC(C)C)C(=O)NCC(C)C)C2=O. The van der Waals surface area contributed by atoms with Crippen molar-refractivity contribution in [3.05, 3.63) is 46.2 Å². The Labute approximate surface area is 197 Å². The Morgan fingerprint density at radius 1 is 1.15 bits per heavy atom. The first-order valence-corrected chi connectivity index (χ1v) is 12.0. The van der Waals surface area contributed by atoms with Crippen LogP contribution in [-0.2, 0) is 9.59 Å². The van der Waals surface area contributed by atoms with Crippen molar-refractivity contribution < 1.29 is 14.4 Å². The predicted molar refractivity (Wildman–Crippen MR) is 129 cm³/mol. The van der Waals surface area contributed by atoms with E-state index < -0.39 is 12.1 Å². The second kappa shape index (κ2) is 9.98. The third kappa shape index (κ3) is 5.07. The molecule has 0 aromatic heterocycles. The number of aryl methyl sites for hydroxylation is 2. The normalized spacial score (nSPS) is 19.4. The van der Waals surface area contributed by atoms with Crippen molar-refractivity contribution in [3.8, 4) is 0 Å². The molecule has 1 aromatic rings. The van der Waals surface area contributed by atoms with Gasteiger partial charge in [0.05, 0.1) is 23.9 Å². The summed E-state index contributed by atoms with van der Waals surface area (Å²) in [6.07, 6.45) is 0.567. The average Bonchev–Trinajstić information content (AvgIpc) is 3.06. The number of rotatable bonds is 8. The van der Waals surface area contributed by atoms with Crippen molar-refractivity contribution in [2.24, 2.45) is 11.8 Å². The fourth-order valence-electron chi connectivity index (χ4n) is 4.73. The lowest BCUT2D eigenvalue weighted by atomic mass is 9.91. The van der Waals surface area contributed by atoms with Crippen LogP contribution in [0.3, 0.4) is 0 Å². The summed E-state index contributed by atoms with van der Waals surface area (Å²) in [5.74, 6) is 0.262. The van der Waals surface area contributed by atoms with E-state index in [9.17, 15) is 14.4 Å². The lowest BCUT2D eigenvalue weighted by Gasteiger charge is -2.33. The summed E-state index contributed by atoms with van der Waals surface area (Å²) < 4.78 is 0. The Kier molecular flexibility index (Phi) is 7.50. The Hall–Kier alpha value is -2.83. The predicted octanol–water partition coefficient (Wildman–Crippen LogP) is 3.67. The summed E-state index contributed by atoms with van der Waals surface area (Å²) in [5, 5.41) is 6.06. The fraction of sp³-hybridized carbons (Fsp3) is 0.577. The van der Waals surface area contributed by atoms with Crippen LogP contribution in [0.5, 0.6) is 0 Å². The highest BCUT2D eigenvalue weighted by atomic mass is 16.2. The lowest BCUT2D eigenvalue weighted by Crippen LogP contribution is -2.50. The molecule has 0 aliphatic carbocycles. The van der Waals surface area contributed by atoms with Gasteiger partial charge in [-0.05, 0) is 50.2 Å². The van der Waals surface area contributed by atoms with E-state index in [4.69, 9.17) is 0 Å². The molecule has 0 spiro atoms. The molecular weight excluding hydrogens is 416 g/mol. The monoisotopic (exact) mass is 454 g/mol.